The summed E-state index contributed by atoms with van der Waals surface area (Å²) in [6.45, 7) is 1.05. The van der Waals surface area contributed by atoms with Crippen LogP contribution in [0.5, 0.6) is 11.5 Å². The first kappa shape index (κ1) is 24.6. The lowest BCUT2D eigenvalue weighted by molar-refractivity contribution is -0.119. The monoisotopic (exact) mass is 485 g/mol. The molecule has 0 aromatic heterocycles. The second-order valence-electron chi connectivity index (χ2n) is 8.02. The molecular weight excluding hydrogens is 461 g/mol. The van der Waals surface area contributed by atoms with Gasteiger partial charge in [-0.05, 0) is 85.1 Å². The number of halogens is 1. The highest BCUT2D eigenvalue weighted by Gasteiger charge is 2.24. The first-order valence-corrected chi connectivity index (χ1v) is 11.5. The number of carbonyl (C=O) groups is 3. The molecule has 0 bridgehead atoms. The summed E-state index contributed by atoms with van der Waals surface area (Å²) in [7, 11) is 0. The Hall–Kier alpha value is -4.52. The highest BCUT2D eigenvalue weighted by atomic mass is 19.1. The fourth-order valence-electron chi connectivity index (χ4n) is 3.49. The predicted molar refractivity (Wildman–Crippen MR) is 135 cm³/mol. The summed E-state index contributed by atoms with van der Waals surface area (Å²) in [6.07, 6.45) is 7.26. The number of imide groups is 1. The van der Waals surface area contributed by atoms with E-state index in [4.69, 9.17) is 9.47 Å². The summed E-state index contributed by atoms with van der Waals surface area (Å²) in [5.74, 6) is 0.122. The van der Waals surface area contributed by atoms with Gasteiger partial charge in [-0.15, -0.1) is 0 Å². The van der Waals surface area contributed by atoms with Crippen molar-refractivity contribution < 1.29 is 28.2 Å². The second-order valence-corrected chi connectivity index (χ2v) is 8.02. The van der Waals surface area contributed by atoms with Crippen molar-refractivity contribution in [2.24, 2.45) is 0 Å². The molecular formula is C29H24FNO5. The van der Waals surface area contributed by atoms with E-state index in [1.807, 2.05) is 24.3 Å². The van der Waals surface area contributed by atoms with Crippen LogP contribution in [0.15, 0.2) is 91.0 Å². The van der Waals surface area contributed by atoms with Crippen molar-refractivity contribution in [3.05, 3.63) is 108 Å². The van der Waals surface area contributed by atoms with Crippen molar-refractivity contribution in [1.82, 2.24) is 0 Å². The molecule has 2 amide bonds. The second kappa shape index (κ2) is 11.8. The van der Waals surface area contributed by atoms with Gasteiger partial charge in [0.2, 0.25) is 0 Å². The number of nitrogens with zero attached hydrogens (tertiary/aromatic N) is 1. The lowest BCUT2D eigenvalue weighted by Gasteiger charge is -2.14. The zero-order chi connectivity index (χ0) is 25.3. The molecule has 3 aromatic rings. The molecule has 0 saturated carbocycles. The quantitative estimate of drug-likeness (QED) is 0.158. The summed E-state index contributed by atoms with van der Waals surface area (Å²) >= 11 is 0. The van der Waals surface area contributed by atoms with Crippen LogP contribution in [0.3, 0.4) is 0 Å². The Morgan fingerprint density at radius 3 is 1.83 bits per heavy atom. The Kier molecular flexibility index (Phi) is 8.03. The van der Waals surface area contributed by atoms with Gasteiger partial charge in [0.05, 0.1) is 18.9 Å². The molecule has 0 spiro atoms. The van der Waals surface area contributed by atoms with Crippen LogP contribution in [0.1, 0.15) is 28.8 Å². The minimum absolute atomic E-state index is 0.192. The SMILES string of the molecule is O=C(/C=C/c1ccc(OCCCCOc2ccc(N3C(=O)C=CC3=O)cc2)cc1)c1ccc(F)cc1. The fourth-order valence-corrected chi connectivity index (χ4v) is 3.49. The van der Waals surface area contributed by atoms with E-state index in [0.29, 0.717) is 30.2 Å². The lowest BCUT2D eigenvalue weighted by Crippen LogP contribution is -2.29. The fraction of sp³-hybridized carbons (Fsp3) is 0.138. The van der Waals surface area contributed by atoms with E-state index in [-0.39, 0.29) is 23.4 Å². The van der Waals surface area contributed by atoms with E-state index in [1.165, 1.54) is 42.5 Å². The molecule has 0 aliphatic carbocycles. The highest BCUT2D eigenvalue weighted by Crippen LogP contribution is 2.22. The number of rotatable bonds is 11. The van der Waals surface area contributed by atoms with Crippen LogP contribution in [-0.4, -0.2) is 30.8 Å². The molecule has 3 aromatic carbocycles. The van der Waals surface area contributed by atoms with Crippen LogP contribution in [0.25, 0.3) is 6.08 Å². The number of benzene rings is 3. The average Bonchev–Trinajstić information content (AvgIpc) is 3.23. The number of allylic oxidation sites excluding steroid dienone is 1. The lowest BCUT2D eigenvalue weighted by atomic mass is 10.1. The minimum atomic E-state index is -0.376. The third kappa shape index (κ3) is 6.54. The van der Waals surface area contributed by atoms with E-state index in [0.717, 1.165) is 29.1 Å². The molecule has 0 atom stereocenters. The number of hydrogen-bond donors (Lipinski definition) is 0. The number of amides is 2. The number of carbonyl (C=O) groups excluding carboxylic acids is 3. The topological polar surface area (TPSA) is 72.9 Å². The first-order valence-electron chi connectivity index (χ1n) is 11.5. The third-order valence-electron chi connectivity index (χ3n) is 5.42. The van der Waals surface area contributed by atoms with Gasteiger partial charge in [0.25, 0.3) is 11.8 Å². The predicted octanol–water partition coefficient (Wildman–Crippen LogP) is 5.39. The normalized spacial score (nSPS) is 13.0. The maximum absolute atomic E-state index is 13.0. The number of ketones is 1. The number of hydrogen-bond acceptors (Lipinski definition) is 5. The van der Waals surface area contributed by atoms with Gasteiger partial charge >= 0.3 is 0 Å². The van der Waals surface area contributed by atoms with Crippen molar-refractivity contribution in [3.63, 3.8) is 0 Å². The van der Waals surface area contributed by atoms with E-state index in [9.17, 15) is 18.8 Å². The van der Waals surface area contributed by atoms with E-state index in [2.05, 4.69) is 0 Å². The van der Waals surface area contributed by atoms with Crippen molar-refractivity contribution >= 4 is 29.4 Å². The summed E-state index contributed by atoms with van der Waals surface area (Å²) in [4.78, 5) is 36.7. The van der Waals surface area contributed by atoms with E-state index >= 15 is 0 Å². The van der Waals surface area contributed by atoms with E-state index < -0.39 is 0 Å². The Morgan fingerprint density at radius 2 is 1.28 bits per heavy atom. The molecule has 0 radical (unpaired) electrons. The zero-order valence-corrected chi connectivity index (χ0v) is 19.4. The molecule has 36 heavy (non-hydrogen) atoms. The molecule has 1 aliphatic heterocycles. The Morgan fingerprint density at radius 1 is 0.750 bits per heavy atom. The molecule has 7 heteroatoms. The minimum Gasteiger partial charge on any atom is -0.494 e. The van der Waals surface area contributed by atoms with Gasteiger partial charge < -0.3 is 9.47 Å². The summed E-state index contributed by atoms with van der Waals surface area (Å²) in [5.41, 5.74) is 1.80. The summed E-state index contributed by atoms with van der Waals surface area (Å²) in [6, 6.07) is 19.7. The average molecular weight is 486 g/mol. The van der Waals surface area contributed by atoms with Gasteiger partial charge in [-0.25, -0.2) is 9.29 Å². The molecule has 0 N–H and O–H groups in total. The number of ether oxygens (including phenoxy) is 2. The molecule has 0 unspecified atom stereocenters. The van der Waals surface area contributed by atoms with Crippen molar-refractivity contribution in [2.45, 2.75) is 12.8 Å². The molecule has 1 heterocycles. The van der Waals surface area contributed by atoms with Gasteiger partial charge in [0, 0.05) is 17.7 Å². The molecule has 4 rings (SSSR count). The molecule has 182 valence electrons. The standard InChI is InChI=1S/C29H24FNO5/c30-23-8-6-22(7-9-23)27(32)16-5-21-3-12-25(13-4-21)35-19-1-2-20-36-26-14-10-24(11-15-26)31-28(33)17-18-29(31)34/h3-18H,1-2,19-20H2/b16-5+. The smallest absolute Gasteiger partial charge is 0.258 e. The number of unbranched alkanes of at least 4 members (excludes halogenated alkanes) is 1. The Labute approximate surface area is 208 Å². The van der Waals surface area contributed by atoms with Crippen LogP contribution >= 0.6 is 0 Å². The third-order valence-corrected chi connectivity index (χ3v) is 5.42. The van der Waals surface area contributed by atoms with Crippen LogP contribution in [0, 0.1) is 5.82 Å². The zero-order valence-electron chi connectivity index (χ0n) is 19.4. The largest absolute Gasteiger partial charge is 0.494 e. The molecule has 0 saturated heterocycles. The highest BCUT2D eigenvalue weighted by molar-refractivity contribution is 6.28. The van der Waals surface area contributed by atoms with Gasteiger partial charge in [-0.2, -0.15) is 0 Å². The van der Waals surface area contributed by atoms with Crippen LogP contribution in [0.4, 0.5) is 10.1 Å². The van der Waals surface area contributed by atoms with Crippen LogP contribution in [-0.2, 0) is 9.59 Å². The van der Waals surface area contributed by atoms with Gasteiger partial charge in [-0.3, -0.25) is 14.4 Å². The Bertz CT molecular complexity index is 1260. The van der Waals surface area contributed by atoms with Crippen LogP contribution < -0.4 is 14.4 Å². The summed E-state index contributed by atoms with van der Waals surface area (Å²) in [5, 5.41) is 0. The van der Waals surface area contributed by atoms with Gasteiger partial charge in [-0.1, -0.05) is 18.2 Å². The van der Waals surface area contributed by atoms with Crippen molar-refractivity contribution in [3.8, 4) is 11.5 Å². The molecule has 1 aliphatic rings. The van der Waals surface area contributed by atoms with Crippen LogP contribution in [0.2, 0.25) is 0 Å². The maximum Gasteiger partial charge on any atom is 0.258 e. The summed E-state index contributed by atoms with van der Waals surface area (Å²) < 4.78 is 24.4. The van der Waals surface area contributed by atoms with Gasteiger partial charge in [0.15, 0.2) is 5.78 Å². The Balaban J connectivity index is 1.14. The maximum atomic E-state index is 13.0. The molecule has 0 fully saturated rings. The molecule has 6 nitrogen and oxygen atoms in total. The van der Waals surface area contributed by atoms with Crippen molar-refractivity contribution in [2.75, 3.05) is 18.1 Å². The van der Waals surface area contributed by atoms with E-state index in [1.54, 1.807) is 30.3 Å². The first-order chi connectivity index (χ1) is 17.5. The number of anilines is 1. The van der Waals surface area contributed by atoms with Crippen molar-refractivity contribution in [1.29, 1.82) is 0 Å². The van der Waals surface area contributed by atoms with Gasteiger partial charge in [0.1, 0.15) is 17.3 Å².